The van der Waals surface area contributed by atoms with E-state index in [4.69, 9.17) is 4.52 Å². The van der Waals surface area contributed by atoms with Crippen molar-refractivity contribution in [2.45, 2.75) is 32.2 Å². The van der Waals surface area contributed by atoms with Crippen LogP contribution in [0.15, 0.2) is 16.9 Å². The first kappa shape index (κ1) is 19.4. The maximum atomic E-state index is 12.9. The molecule has 1 fully saturated rings. The summed E-state index contributed by atoms with van der Waals surface area (Å²) in [4.78, 5) is 19.1. The highest BCUT2D eigenvalue weighted by Crippen LogP contribution is 2.23. The van der Waals surface area contributed by atoms with Crippen LogP contribution in [0.2, 0.25) is 0 Å². The monoisotopic (exact) mass is 368 g/mol. The lowest BCUT2D eigenvalue weighted by atomic mass is 9.93. The molecule has 1 amide bonds. The molecule has 0 aromatic carbocycles. The van der Waals surface area contributed by atoms with Gasteiger partial charge in [0.25, 0.3) is 0 Å². The van der Waals surface area contributed by atoms with E-state index < -0.39 is 0 Å². The first-order valence-corrected chi connectivity index (χ1v) is 8.30. The van der Waals surface area contributed by atoms with Crippen LogP contribution in [0, 0.1) is 12.8 Å². The number of aryl methyl sites for hydroxylation is 2. The zero-order valence-electron chi connectivity index (χ0n) is 14.8. The highest BCUT2D eigenvalue weighted by atomic mass is 35.5. The summed E-state index contributed by atoms with van der Waals surface area (Å²) in [5.41, 5.74) is 0.890. The molecule has 9 heteroatoms. The van der Waals surface area contributed by atoms with Gasteiger partial charge in [0.15, 0.2) is 5.82 Å². The molecule has 1 saturated heterocycles. The van der Waals surface area contributed by atoms with E-state index >= 15 is 0 Å². The van der Waals surface area contributed by atoms with Gasteiger partial charge in [-0.2, -0.15) is 10.1 Å². The number of likely N-dealkylation sites (N-methyl/N-ethyl adjacent to an activating group) is 1. The van der Waals surface area contributed by atoms with Crippen molar-refractivity contribution in [3.05, 3.63) is 29.7 Å². The van der Waals surface area contributed by atoms with Crippen molar-refractivity contribution in [1.29, 1.82) is 0 Å². The normalized spacial score (nSPS) is 18.7. The standard InChI is InChI=1S/C16H24N6O2.ClH/c1-11-19-14(20-24-11)7-12-5-4-6-22(9-12)16(23)15(17-2)13-8-18-21(3)10-13;/h8,10,12,15,17H,4-7,9H2,1-3H3;1H. The van der Waals surface area contributed by atoms with E-state index in [0.717, 1.165) is 43.7 Å². The van der Waals surface area contributed by atoms with Crippen LogP contribution >= 0.6 is 12.4 Å². The fraction of sp³-hybridized carbons (Fsp3) is 0.625. The summed E-state index contributed by atoms with van der Waals surface area (Å²) in [5.74, 6) is 1.77. The minimum atomic E-state index is -0.357. The number of piperidine rings is 1. The molecule has 1 aliphatic heterocycles. The SMILES string of the molecule is CNC(C(=O)N1CCCC(Cc2noc(C)n2)C1)c1cnn(C)c1.Cl. The fourth-order valence-electron chi connectivity index (χ4n) is 3.32. The molecule has 25 heavy (non-hydrogen) atoms. The Bertz CT molecular complexity index is 700. The number of carbonyl (C=O) groups excluding carboxylic acids is 1. The minimum Gasteiger partial charge on any atom is -0.341 e. The summed E-state index contributed by atoms with van der Waals surface area (Å²) in [5, 5.41) is 11.2. The molecule has 0 saturated carbocycles. The number of hydrogen-bond donors (Lipinski definition) is 1. The average molecular weight is 369 g/mol. The molecular formula is C16H25ClN6O2. The van der Waals surface area contributed by atoms with Gasteiger partial charge in [-0.25, -0.2) is 0 Å². The lowest BCUT2D eigenvalue weighted by Gasteiger charge is -2.34. The number of amides is 1. The molecule has 138 valence electrons. The van der Waals surface area contributed by atoms with Gasteiger partial charge in [0.1, 0.15) is 6.04 Å². The molecule has 2 atom stereocenters. The second kappa shape index (κ2) is 8.44. The molecule has 3 rings (SSSR count). The van der Waals surface area contributed by atoms with E-state index in [2.05, 4.69) is 20.6 Å². The van der Waals surface area contributed by atoms with Gasteiger partial charge >= 0.3 is 0 Å². The van der Waals surface area contributed by atoms with Gasteiger partial charge in [-0.05, 0) is 25.8 Å². The van der Waals surface area contributed by atoms with Gasteiger partial charge in [-0.15, -0.1) is 12.4 Å². The van der Waals surface area contributed by atoms with Crippen LogP contribution in [0.5, 0.6) is 0 Å². The number of aromatic nitrogens is 4. The van der Waals surface area contributed by atoms with E-state index in [1.807, 2.05) is 18.1 Å². The smallest absolute Gasteiger partial charge is 0.244 e. The topological polar surface area (TPSA) is 89.1 Å². The zero-order valence-corrected chi connectivity index (χ0v) is 15.6. The van der Waals surface area contributed by atoms with E-state index in [0.29, 0.717) is 11.8 Å². The zero-order chi connectivity index (χ0) is 17.1. The summed E-state index contributed by atoms with van der Waals surface area (Å²) in [6.45, 7) is 3.31. The van der Waals surface area contributed by atoms with Crippen molar-refractivity contribution in [3.8, 4) is 0 Å². The molecule has 0 spiro atoms. The first-order valence-electron chi connectivity index (χ1n) is 8.30. The molecule has 0 radical (unpaired) electrons. The molecular weight excluding hydrogens is 344 g/mol. The first-order chi connectivity index (χ1) is 11.6. The van der Waals surface area contributed by atoms with E-state index in [1.54, 1.807) is 24.9 Å². The molecule has 2 aromatic rings. The number of carbonyl (C=O) groups is 1. The highest BCUT2D eigenvalue weighted by molar-refractivity contribution is 5.85. The Hall–Kier alpha value is -1.93. The van der Waals surface area contributed by atoms with Crippen LogP contribution in [0.3, 0.4) is 0 Å². The highest BCUT2D eigenvalue weighted by Gasteiger charge is 2.30. The van der Waals surface area contributed by atoms with Crippen molar-refractivity contribution >= 4 is 18.3 Å². The second-order valence-corrected chi connectivity index (χ2v) is 6.40. The van der Waals surface area contributed by atoms with Crippen LogP contribution < -0.4 is 5.32 Å². The van der Waals surface area contributed by atoms with E-state index in [-0.39, 0.29) is 24.4 Å². The van der Waals surface area contributed by atoms with Crippen molar-refractivity contribution < 1.29 is 9.32 Å². The summed E-state index contributed by atoms with van der Waals surface area (Å²) in [7, 11) is 3.66. The van der Waals surface area contributed by atoms with Crippen molar-refractivity contribution in [1.82, 2.24) is 30.1 Å². The van der Waals surface area contributed by atoms with Gasteiger partial charge in [0, 0.05) is 45.2 Å². The molecule has 2 aromatic heterocycles. The summed E-state index contributed by atoms with van der Waals surface area (Å²) >= 11 is 0. The fourth-order valence-corrected chi connectivity index (χ4v) is 3.32. The van der Waals surface area contributed by atoms with Gasteiger partial charge in [-0.1, -0.05) is 5.16 Å². The Balaban J connectivity index is 0.00000225. The van der Waals surface area contributed by atoms with Crippen LogP contribution in [0.1, 0.15) is 36.2 Å². The largest absolute Gasteiger partial charge is 0.341 e. The molecule has 0 bridgehead atoms. The Morgan fingerprint density at radius 3 is 2.92 bits per heavy atom. The Labute approximate surface area is 153 Å². The lowest BCUT2D eigenvalue weighted by molar-refractivity contribution is -0.135. The van der Waals surface area contributed by atoms with Gasteiger partial charge < -0.3 is 14.7 Å². The lowest BCUT2D eigenvalue weighted by Crippen LogP contribution is -2.45. The number of hydrogen-bond acceptors (Lipinski definition) is 6. The Kier molecular flexibility index (Phi) is 6.55. The Morgan fingerprint density at radius 2 is 2.32 bits per heavy atom. The van der Waals surface area contributed by atoms with Crippen LogP contribution in [0.25, 0.3) is 0 Å². The molecule has 1 N–H and O–H groups in total. The quantitative estimate of drug-likeness (QED) is 0.855. The second-order valence-electron chi connectivity index (χ2n) is 6.40. The molecule has 8 nitrogen and oxygen atoms in total. The van der Waals surface area contributed by atoms with Crippen LogP contribution in [0.4, 0.5) is 0 Å². The van der Waals surface area contributed by atoms with Crippen molar-refractivity contribution in [3.63, 3.8) is 0 Å². The number of likely N-dealkylation sites (tertiary alicyclic amines) is 1. The third-order valence-corrected chi connectivity index (χ3v) is 4.47. The summed E-state index contributed by atoms with van der Waals surface area (Å²) in [6.07, 6.45) is 6.44. The molecule has 3 heterocycles. The number of nitrogens with zero attached hydrogens (tertiary/aromatic N) is 5. The van der Waals surface area contributed by atoms with Gasteiger partial charge in [0.2, 0.25) is 11.8 Å². The van der Waals surface area contributed by atoms with Crippen LogP contribution in [-0.4, -0.2) is 50.9 Å². The van der Waals surface area contributed by atoms with Gasteiger partial charge in [0.05, 0.1) is 6.20 Å². The van der Waals surface area contributed by atoms with Crippen molar-refractivity contribution in [2.75, 3.05) is 20.1 Å². The van der Waals surface area contributed by atoms with E-state index in [9.17, 15) is 4.79 Å². The average Bonchev–Trinajstić information content (AvgIpc) is 3.17. The maximum Gasteiger partial charge on any atom is 0.244 e. The molecule has 2 unspecified atom stereocenters. The Morgan fingerprint density at radius 1 is 1.52 bits per heavy atom. The van der Waals surface area contributed by atoms with Gasteiger partial charge in [-0.3, -0.25) is 9.48 Å². The predicted octanol–water partition coefficient (Wildman–Crippen LogP) is 1.28. The number of nitrogens with one attached hydrogen (secondary N) is 1. The third-order valence-electron chi connectivity index (χ3n) is 4.47. The van der Waals surface area contributed by atoms with Crippen molar-refractivity contribution in [2.24, 2.45) is 13.0 Å². The molecule has 1 aliphatic rings. The minimum absolute atomic E-state index is 0. The van der Waals surface area contributed by atoms with E-state index in [1.165, 1.54) is 0 Å². The summed E-state index contributed by atoms with van der Waals surface area (Å²) < 4.78 is 6.75. The summed E-state index contributed by atoms with van der Waals surface area (Å²) in [6, 6.07) is -0.357. The number of rotatable bonds is 5. The third kappa shape index (κ3) is 4.58. The maximum absolute atomic E-state index is 12.9. The predicted molar refractivity (Wildman–Crippen MR) is 94.3 cm³/mol. The number of halogens is 1. The molecule has 0 aliphatic carbocycles. The van der Waals surface area contributed by atoms with Crippen LogP contribution in [-0.2, 0) is 18.3 Å².